The lowest BCUT2D eigenvalue weighted by molar-refractivity contribution is 0.0659. The summed E-state index contributed by atoms with van der Waals surface area (Å²) in [6, 6.07) is 1.46. The van der Waals surface area contributed by atoms with E-state index in [2.05, 4.69) is 0 Å². The van der Waals surface area contributed by atoms with E-state index in [1.807, 2.05) is 0 Å². The van der Waals surface area contributed by atoms with E-state index in [-0.39, 0.29) is 23.4 Å². The predicted molar refractivity (Wildman–Crippen MR) is 66.8 cm³/mol. The van der Waals surface area contributed by atoms with Gasteiger partial charge >= 0.3 is 5.97 Å². The van der Waals surface area contributed by atoms with Crippen LogP contribution in [0.25, 0.3) is 0 Å². The molecule has 2 unspecified atom stereocenters. The van der Waals surface area contributed by atoms with Gasteiger partial charge < -0.3 is 14.3 Å². The lowest BCUT2D eigenvalue weighted by atomic mass is 10.2. The van der Waals surface area contributed by atoms with Gasteiger partial charge in [0, 0.05) is 12.2 Å². The summed E-state index contributed by atoms with van der Waals surface area (Å²) < 4.78 is 34.8. The molecular weight excluding hydrogens is 272 g/mol. The first-order chi connectivity index (χ1) is 8.81. The van der Waals surface area contributed by atoms with Gasteiger partial charge in [-0.15, -0.1) is 0 Å². The fourth-order valence-corrected chi connectivity index (χ4v) is 4.19. The van der Waals surface area contributed by atoms with Crippen LogP contribution in [0.3, 0.4) is 0 Å². The molecule has 0 bridgehead atoms. The second kappa shape index (κ2) is 4.97. The number of hydrogen-bond acceptors (Lipinski definition) is 5. The van der Waals surface area contributed by atoms with Gasteiger partial charge in [0.25, 0.3) is 0 Å². The van der Waals surface area contributed by atoms with E-state index in [4.69, 9.17) is 14.3 Å². The summed E-state index contributed by atoms with van der Waals surface area (Å²) in [7, 11) is -3.40. The molecule has 1 N–H and O–H groups in total. The van der Waals surface area contributed by atoms with Crippen LogP contribution in [-0.2, 0) is 20.3 Å². The molecule has 1 aliphatic rings. The number of aryl methyl sites for hydroxylation is 1. The Morgan fingerprint density at radius 2 is 2.21 bits per heavy atom. The zero-order valence-corrected chi connectivity index (χ0v) is 11.6. The molecular formula is C12H16O6S. The van der Waals surface area contributed by atoms with Gasteiger partial charge in [0.05, 0.1) is 11.4 Å². The summed E-state index contributed by atoms with van der Waals surface area (Å²) in [4.78, 5) is 10.8. The Balaban J connectivity index is 2.21. The van der Waals surface area contributed by atoms with E-state index in [9.17, 15) is 13.2 Å². The number of ether oxygens (including phenoxy) is 1. The number of hydrogen-bond donors (Lipinski definition) is 1. The molecule has 1 aliphatic heterocycles. The monoisotopic (exact) mass is 288 g/mol. The Morgan fingerprint density at radius 1 is 1.53 bits per heavy atom. The highest BCUT2D eigenvalue weighted by atomic mass is 32.2. The van der Waals surface area contributed by atoms with Crippen molar-refractivity contribution in [1.82, 2.24) is 0 Å². The van der Waals surface area contributed by atoms with Gasteiger partial charge in [-0.1, -0.05) is 0 Å². The van der Waals surface area contributed by atoms with Crippen LogP contribution in [0.2, 0.25) is 0 Å². The zero-order valence-electron chi connectivity index (χ0n) is 10.8. The summed E-state index contributed by atoms with van der Waals surface area (Å²) in [6.07, 6.45) is 0.134. The quantitative estimate of drug-likeness (QED) is 0.899. The van der Waals surface area contributed by atoms with Gasteiger partial charge in [0.15, 0.2) is 9.84 Å². The van der Waals surface area contributed by atoms with Crippen LogP contribution in [0.15, 0.2) is 10.5 Å². The van der Waals surface area contributed by atoms with Crippen molar-refractivity contribution in [2.75, 3.05) is 6.61 Å². The Morgan fingerprint density at radius 3 is 2.68 bits per heavy atom. The molecule has 1 saturated heterocycles. The predicted octanol–water partition coefficient (Wildman–Crippen LogP) is 1.38. The standard InChI is InChI=1S/C12H16O6S/c1-7-5-9(18-11(7)12(13)14)6-19(15,16)10-3-4-17-8(10)2/h5,8,10H,3-4,6H2,1-2H3,(H,13,14). The van der Waals surface area contributed by atoms with Crippen molar-refractivity contribution < 1.29 is 27.5 Å². The van der Waals surface area contributed by atoms with Crippen LogP contribution >= 0.6 is 0 Å². The minimum atomic E-state index is -3.40. The maximum Gasteiger partial charge on any atom is 0.372 e. The van der Waals surface area contributed by atoms with Crippen LogP contribution in [0, 0.1) is 6.92 Å². The molecule has 0 amide bonds. The highest BCUT2D eigenvalue weighted by molar-refractivity contribution is 7.91. The molecule has 0 radical (unpaired) electrons. The van der Waals surface area contributed by atoms with Crippen molar-refractivity contribution in [3.63, 3.8) is 0 Å². The third kappa shape index (κ3) is 2.82. The first-order valence-corrected chi connectivity index (χ1v) is 7.68. The molecule has 6 nitrogen and oxygen atoms in total. The number of aromatic carboxylic acids is 1. The minimum absolute atomic E-state index is 0.161. The highest BCUT2D eigenvalue weighted by Crippen LogP contribution is 2.25. The Kier molecular flexibility index (Phi) is 3.69. The Bertz CT molecular complexity index is 585. The SMILES string of the molecule is Cc1cc(CS(=O)(=O)C2CCOC2C)oc1C(=O)O. The normalized spacial score (nSPS) is 23.7. The van der Waals surface area contributed by atoms with Crippen LogP contribution in [-0.4, -0.2) is 37.5 Å². The maximum absolute atomic E-state index is 12.2. The van der Waals surface area contributed by atoms with Crippen molar-refractivity contribution in [2.45, 2.75) is 37.4 Å². The maximum atomic E-state index is 12.2. The molecule has 2 atom stereocenters. The van der Waals surface area contributed by atoms with Gasteiger partial charge in [-0.25, -0.2) is 13.2 Å². The average molecular weight is 288 g/mol. The van der Waals surface area contributed by atoms with Gasteiger partial charge in [0.1, 0.15) is 11.5 Å². The smallest absolute Gasteiger partial charge is 0.372 e. The highest BCUT2D eigenvalue weighted by Gasteiger charge is 2.36. The average Bonchev–Trinajstić information content (AvgIpc) is 2.84. The zero-order chi connectivity index (χ0) is 14.2. The van der Waals surface area contributed by atoms with Crippen molar-refractivity contribution >= 4 is 15.8 Å². The summed E-state index contributed by atoms with van der Waals surface area (Å²) in [5, 5.41) is 8.32. The molecule has 7 heteroatoms. The minimum Gasteiger partial charge on any atom is -0.475 e. The lowest BCUT2D eigenvalue weighted by Gasteiger charge is -2.13. The van der Waals surface area contributed by atoms with Gasteiger partial charge in [-0.2, -0.15) is 0 Å². The number of carbonyl (C=O) groups is 1. The summed E-state index contributed by atoms with van der Waals surface area (Å²) in [6.45, 7) is 3.73. The van der Waals surface area contributed by atoms with Crippen LogP contribution < -0.4 is 0 Å². The van der Waals surface area contributed by atoms with Crippen LogP contribution in [0.4, 0.5) is 0 Å². The van der Waals surface area contributed by atoms with E-state index < -0.39 is 21.1 Å². The van der Waals surface area contributed by atoms with Gasteiger partial charge in [-0.3, -0.25) is 0 Å². The Hall–Kier alpha value is -1.34. The number of carboxylic acid groups (broad SMARTS) is 1. The molecule has 0 spiro atoms. The largest absolute Gasteiger partial charge is 0.475 e. The van der Waals surface area contributed by atoms with E-state index in [1.54, 1.807) is 13.8 Å². The van der Waals surface area contributed by atoms with Crippen molar-refractivity contribution in [3.05, 3.63) is 23.2 Å². The molecule has 1 aromatic rings. The second-order valence-electron chi connectivity index (χ2n) is 4.74. The molecule has 2 rings (SSSR count). The van der Waals surface area contributed by atoms with E-state index in [1.165, 1.54) is 6.07 Å². The van der Waals surface area contributed by atoms with Crippen molar-refractivity contribution in [2.24, 2.45) is 0 Å². The number of rotatable bonds is 4. The third-order valence-corrected chi connectivity index (χ3v) is 5.50. The van der Waals surface area contributed by atoms with E-state index >= 15 is 0 Å². The fourth-order valence-electron chi connectivity index (χ4n) is 2.32. The fraction of sp³-hybridized carbons (Fsp3) is 0.583. The first kappa shape index (κ1) is 14.1. The summed E-state index contributed by atoms with van der Waals surface area (Å²) in [5.74, 6) is -1.53. The molecule has 0 aromatic carbocycles. The topological polar surface area (TPSA) is 93.8 Å². The van der Waals surface area contributed by atoms with Gasteiger partial charge in [-0.05, 0) is 26.3 Å². The van der Waals surface area contributed by atoms with Crippen LogP contribution in [0.5, 0.6) is 0 Å². The third-order valence-electron chi connectivity index (χ3n) is 3.27. The van der Waals surface area contributed by atoms with E-state index in [0.29, 0.717) is 18.6 Å². The molecule has 1 aromatic heterocycles. The molecule has 1 fully saturated rings. The molecule has 0 aliphatic carbocycles. The van der Waals surface area contributed by atoms with E-state index in [0.717, 1.165) is 0 Å². The van der Waals surface area contributed by atoms with Crippen molar-refractivity contribution in [1.29, 1.82) is 0 Å². The summed E-state index contributed by atoms with van der Waals surface area (Å²) >= 11 is 0. The summed E-state index contributed by atoms with van der Waals surface area (Å²) in [5.41, 5.74) is 0.424. The molecule has 19 heavy (non-hydrogen) atoms. The van der Waals surface area contributed by atoms with Crippen molar-refractivity contribution in [3.8, 4) is 0 Å². The second-order valence-corrected chi connectivity index (χ2v) is 6.96. The van der Waals surface area contributed by atoms with Crippen LogP contribution in [0.1, 0.15) is 35.2 Å². The number of carboxylic acids is 1. The Labute approximate surface area is 111 Å². The molecule has 0 saturated carbocycles. The lowest BCUT2D eigenvalue weighted by Crippen LogP contribution is -2.29. The molecule has 2 heterocycles. The molecule has 106 valence electrons. The number of furan rings is 1. The van der Waals surface area contributed by atoms with Gasteiger partial charge in [0.2, 0.25) is 5.76 Å². The first-order valence-electron chi connectivity index (χ1n) is 5.97. The number of sulfone groups is 1.